The first kappa shape index (κ1) is 22.6. The third kappa shape index (κ3) is 5.33. The van der Waals surface area contributed by atoms with Gasteiger partial charge in [-0.05, 0) is 42.0 Å². The number of ether oxygens (including phenoxy) is 1. The predicted octanol–water partition coefficient (Wildman–Crippen LogP) is 3.72. The van der Waals surface area contributed by atoms with Gasteiger partial charge in [-0.2, -0.15) is 0 Å². The maximum Gasteiger partial charge on any atom is 0.410 e. The van der Waals surface area contributed by atoms with Crippen molar-refractivity contribution in [2.75, 3.05) is 36.4 Å². The Morgan fingerprint density at radius 1 is 1.03 bits per heavy atom. The molecule has 0 saturated carbocycles. The zero-order chi connectivity index (χ0) is 24.2. The second-order valence-corrected chi connectivity index (χ2v) is 8.52. The number of piperazine rings is 1. The summed E-state index contributed by atoms with van der Waals surface area (Å²) in [6.07, 6.45) is 2.89. The van der Waals surface area contributed by atoms with Crippen LogP contribution in [-0.4, -0.2) is 63.5 Å². The average molecular weight is 492 g/mol. The first-order chi connectivity index (χ1) is 17.0. The number of carbonyl (C=O) groups is 2. The zero-order valence-electron chi connectivity index (χ0n) is 18.6. The quantitative estimate of drug-likeness (QED) is 0.437. The number of hydrogen-bond donors (Lipinski definition) is 2. The highest BCUT2D eigenvalue weighted by molar-refractivity contribution is 6.30. The summed E-state index contributed by atoms with van der Waals surface area (Å²) in [5, 5.41) is 14.0. The number of amides is 2. The van der Waals surface area contributed by atoms with Crippen LogP contribution in [0.4, 0.5) is 16.2 Å². The zero-order valence-corrected chi connectivity index (χ0v) is 19.4. The fourth-order valence-electron chi connectivity index (χ4n) is 3.81. The molecule has 11 heteroatoms. The number of halogens is 1. The molecule has 178 valence electrons. The number of carbonyl (C=O) groups excluding carboxylic acids is 2. The normalized spacial score (nSPS) is 13.6. The molecule has 0 spiro atoms. The number of H-pyrrole nitrogens is 1. The number of anilines is 2. The second-order valence-electron chi connectivity index (χ2n) is 8.08. The van der Waals surface area contributed by atoms with Crippen LogP contribution in [0.15, 0.2) is 60.9 Å². The highest BCUT2D eigenvalue weighted by Gasteiger charge is 2.23. The Hall–Kier alpha value is -4.18. The predicted molar refractivity (Wildman–Crippen MR) is 132 cm³/mol. The van der Waals surface area contributed by atoms with Crippen LogP contribution in [0.5, 0.6) is 0 Å². The Balaban J connectivity index is 1.16. The number of fused-ring (bicyclic) bond motifs is 1. The Morgan fingerprint density at radius 3 is 2.63 bits per heavy atom. The molecule has 1 aliphatic heterocycles. The summed E-state index contributed by atoms with van der Waals surface area (Å²) in [6.45, 7) is 2.42. The number of aromatic nitrogens is 4. The van der Waals surface area contributed by atoms with E-state index in [2.05, 4.69) is 30.6 Å². The summed E-state index contributed by atoms with van der Waals surface area (Å²) >= 11 is 5.89. The molecule has 2 N–H and O–H groups in total. The average Bonchev–Trinajstić information content (AvgIpc) is 3.36. The van der Waals surface area contributed by atoms with Gasteiger partial charge in [0, 0.05) is 43.1 Å². The van der Waals surface area contributed by atoms with E-state index in [-0.39, 0.29) is 18.6 Å². The van der Waals surface area contributed by atoms with Crippen molar-refractivity contribution >= 4 is 46.0 Å². The van der Waals surface area contributed by atoms with Gasteiger partial charge < -0.3 is 19.9 Å². The molecule has 1 fully saturated rings. The van der Waals surface area contributed by atoms with E-state index in [0.29, 0.717) is 48.0 Å². The van der Waals surface area contributed by atoms with E-state index in [9.17, 15) is 9.59 Å². The lowest BCUT2D eigenvalue weighted by Gasteiger charge is -2.35. The van der Waals surface area contributed by atoms with Gasteiger partial charge in [0.15, 0.2) is 0 Å². The second kappa shape index (κ2) is 9.98. The van der Waals surface area contributed by atoms with Crippen LogP contribution in [-0.2, 0) is 11.3 Å². The molecule has 4 aromatic rings. The molecule has 2 amide bonds. The summed E-state index contributed by atoms with van der Waals surface area (Å²) in [4.78, 5) is 33.2. The van der Waals surface area contributed by atoms with Crippen LogP contribution in [0.2, 0.25) is 5.02 Å². The SMILES string of the molecule is O=C(Nc1ccc2[nH]nnc2c1)c1cncc(N2CCN(C(=O)OCc3ccc(Cl)cc3)CC2)c1. The van der Waals surface area contributed by atoms with Gasteiger partial charge in [-0.25, -0.2) is 4.79 Å². The third-order valence-electron chi connectivity index (χ3n) is 5.75. The van der Waals surface area contributed by atoms with E-state index in [4.69, 9.17) is 16.3 Å². The molecule has 2 aromatic carbocycles. The molecule has 3 heterocycles. The van der Waals surface area contributed by atoms with Gasteiger partial charge in [0.25, 0.3) is 5.91 Å². The lowest BCUT2D eigenvalue weighted by atomic mass is 10.2. The Bertz CT molecular complexity index is 1350. The first-order valence-corrected chi connectivity index (χ1v) is 11.4. The lowest BCUT2D eigenvalue weighted by Crippen LogP contribution is -2.49. The van der Waals surface area contributed by atoms with Crippen LogP contribution in [0, 0.1) is 0 Å². The maximum atomic E-state index is 12.8. The summed E-state index contributed by atoms with van der Waals surface area (Å²) in [7, 11) is 0. The van der Waals surface area contributed by atoms with Gasteiger partial charge in [-0.3, -0.25) is 14.9 Å². The fourth-order valence-corrected chi connectivity index (χ4v) is 3.94. The van der Waals surface area contributed by atoms with E-state index in [1.54, 1.807) is 47.5 Å². The molecule has 1 saturated heterocycles. The largest absolute Gasteiger partial charge is 0.445 e. The van der Waals surface area contributed by atoms with Crippen molar-refractivity contribution in [2.45, 2.75) is 6.61 Å². The monoisotopic (exact) mass is 491 g/mol. The molecule has 5 rings (SSSR count). The third-order valence-corrected chi connectivity index (χ3v) is 6.00. The highest BCUT2D eigenvalue weighted by Crippen LogP contribution is 2.20. The standard InChI is InChI=1S/C24H22ClN7O3/c25-18-3-1-16(2-4-18)15-35-24(34)32-9-7-31(8-10-32)20-11-17(13-26-14-20)23(33)27-19-5-6-21-22(12-19)29-30-28-21/h1-6,11-14H,7-10,15H2,(H,27,33)(H,28,29,30). The van der Waals surface area contributed by atoms with Crippen molar-refractivity contribution in [1.29, 1.82) is 0 Å². The molecule has 0 unspecified atom stereocenters. The number of hydrogen-bond acceptors (Lipinski definition) is 7. The lowest BCUT2D eigenvalue weighted by molar-refractivity contribution is 0.0941. The number of nitrogens with zero attached hydrogens (tertiary/aromatic N) is 5. The van der Waals surface area contributed by atoms with Crippen molar-refractivity contribution < 1.29 is 14.3 Å². The van der Waals surface area contributed by atoms with Gasteiger partial charge in [-0.1, -0.05) is 28.9 Å². The van der Waals surface area contributed by atoms with Crippen molar-refractivity contribution in [3.63, 3.8) is 0 Å². The summed E-state index contributed by atoms with van der Waals surface area (Å²) in [5.41, 5.74) is 4.21. The smallest absolute Gasteiger partial charge is 0.410 e. The molecule has 10 nitrogen and oxygen atoms in total. The van der Waals surface area contributed by atoms with Crippen LogP contribution < -0.4 is 10.2 Å². The van der Waals surface area contributed by atoms with Crippen LogP contribution >= 0.6 is 11.6 Å². The summed E-state index contributed by atoms with van der Waals surface area (Å²) < 4.78 is 5.43. The molecule has 0 bridgehead atoms. The van der Waals surface area contributed by atoms with Crippen molar-refractivity contribution in [3.8, 4) is 0 Å². The molecule has 0 aliphatic carbocycles. The molecule has 1 aliphatic rings. The van der Waals surface area contributed by atoms with E-state index in [0.717, 1.165) is 16.8 Å². The molecular weight excluding hydrogens is 470 g/mol. The van der Waals surface area contributed by atoms with E-state index < -0.39 is 0 Å². The van der Waals surface area contributed by atoms with Crippen molar-refractivity contribution in [3.05, 3.63) is 77.1 Å². The van der Waals surface area contributed by atoms with Crippen LogP contribution in [0.1, 0.15) is 15.9 Å². The number of pyridine rings is 1. The number of benzene rings is 2. The Labute approximate surface area is 205 Å². The van der Waals surface area contributed by atoms with Crippen LogP contribution in [0.3, 0.4) is 0 Å². The van der Waals surface area contributed by atoms with E-state index in [1.165, 1.54) is 6.20 Å². The van der Waals surface area contributed by atoms with Crippen molar-refractivity contribution in [1.82, 2.24) is 25.3 Å². The van der Waals surface area contributed by atoms with Gasteiger partial charge in [0.05, 0.1) is 23.0 Å². The molecule has 2 aromatic heterocycles. The Kier molecular flexibility index (Phi) is 6.44. The summed E-state index contributed by atoms with van der Waals surface area (Å²) in [6, 6.07) is 14.3. The minimum atomic E-state index is -0.352. The Morgan fingerprint density at radius 2 is 1.83 bits per heavy atom. The number of aromatic amines is 1. The molecular formula is C24H22ClN7O3. The van der Waals surface area contributed by atoms with Gasteiger partial charge in [-0.15, -0.1) is 5.10 Å². The van der Waals surface area contributed by atoms with Crippen LogP contribution in [0.25, 0.3) is 11.0 Å². The number of nitrogens with one attached hydrogen (secondary N) is 2. The van der Waals surface area contributed by atoms with E-state index in [1.807, 2.05) is 12.1 Å². The van der Waals surface area contributed by atoms with Gasteiger partial charge in [0.2, 0.25) is 0 Å². The van der Waals surface area contributed by atoms with Gasteiger partial charge in [0.1, 0.15) is 12.1 Å². The fraction of sp³-hybridized carbons (Fsp3) is 0.208. The molecule has 0 radical (unpaired) electrons. The van der Waals surface area contributed by atoms with E-state index >= 15 is 0 Å². The first-order valence-electron chi connectivity index (χ1n) is 11.0. The highest BCUT2D eigenvalue weighted by atomic mass is 35.5. The van der Waals surface area contributed by atoms with Gasteiger partial charge >= 0.3 is 6.09 Å². The van der Waals surface area contributed by atoms with Crippen molar-refractivity contribution in [2.24, 2.45) is 0 Å². The summed E-state index contributed by atoms with van der Waals surface area (Å²) in [5.74, 6) is -0.272. The minimum Gasteiger partial charge on any atom is -0.445 e. The molecule has 0 atom stereocenters. The topological polar surface area (TPSA) is 116 Å². The number of rotatable bonds is 5. The molecule has 35 heavy (non-hydrogen) atoms. The minimum absolute atomic E-state index is 0.195. The maximum absolute atomic E-state index is 12.8.